The minimum atomic E-state index is -0.582. The van der Waals surface area contributed by atoms with Crippen molar-refractivity contribution in [1.29, 1.82) is 0 Å². The Hall–Kier alpha value is -1.14. The highest BCUT2D eigenvalue weighted by molar-refractivity contribution is 5.76. The highest BCUT2D eigenvalue weighted by Crippen LogP contribution is 2.21. The first kappa shape index (κ1) is 25.1. The second kappa shape index (κ2) is 12.3. The number of aliphatic hydroxyl groups is 1. The molecule has 0 radical (unpaired) electrons. The number of carbonyl (C=O) groups is 2. The maximum atomic E-state index is 11.3. The first-order valence-corrected chi connectivity index (χ1v) is 8.46. The topological polar surface area (TPSA) is 82.1 Å². The lowest BCUT2D eigenvalue weighted by Gasteiger charge is -2.20. The van der Waals surface area contributed by atoms with Crippen LogP contribution in [-0.4, -0.2) is 50.1 Å². The van der Waals surface area contributed by atoms with Gasteiger partial charge in [0.05, 0.1) is 23.5 Å². The summed E-state index contributed by atoms with van der Waals surface area (Å²) >= 11 is 0. The smallest absolute Gasteiger partial charge is 0.311 e. The van der Waals surface area contributed by atoms with Gasteiger partial charge in [0.2, 0.25) is 0 Å². The van der Waals surface area contributed by atoms with Crippen LogP contribution in [0, 0.1) is 10.8 Å². The molecule has 0 saturated heterocycles. The van der Waals surface area contributed by atoms with Gasteiger partial charge in [0.15, 0.2) is 0 Å². The molecule has 0 fully saturated rings. The minimum Gasteiger partial charge on any atom is -0.463 e. The molecule has 0 amide bonds. The van der Waals surface area contributed by atoms with Crippen LogP contribution in [0.2, 0.25) is 0 Å². The fraction of sp³-hybridized carbons (Fsp3) is 0.889. The van der Waals surface area contributed by atoms with E-state index in [1.165, 1.54) is 0 Å². The van der Waals surface area contributed by atoms with Gasteiger partial charge in [-0.15, -0.1) is 0 Å². The van der Waals surface area contributed by atoms with E-state index in [-0.39, 0.29) is 24.0 Å². The Morgan fingerprint density at radius 2 is 1.33 bits per heavy atom. The van der Waals surface area contributed by atoms with E-state index < -0.39 is 11.5 Å². The van der Waals surface area contributed by atoms with Crippen molar-refractivity contribution in [2.75, 3.05) is 26.9 Å². The number of rotatable bonds is 9. The number of methoxy groups -OCH3 is 1. The molecule has 24 heavy (non-hydrogen) atoms. The third-order valence-electron chi connectivity index (χ3n) is 3.85. The van der Waals surface area contributed by atoms with Crippen molar-refractivity contribution in [3.63, 3.8) is 0 Å². The van der Waals surface area contributed by atoms with E-state index in [4.69, 9.17) is 19.3 Å². The molecule has 0 aliphatic rings. The average Bonchev–Trinajstić information content (AvgIpc) is 2.53. The highest BCUT2D eigenvalue weighted by Gasteiger charge is 2.27. The van der Waals surface area contributed by atoms with Crippen molar-refractivity contribution >= 4 is 11.9 Å². The van der Waals surface area contributed by atoms with Gasteiger partial charge in [-0.05, 0) is 47.5 Å². The van der Waals surface area contributed by atoms with Crippen molar-refractivity contribution in [3.8, 4) is 0 Å². The Bertz CT molecular complexity index is 361. The fourth-order valence-corrected chi connectivity index (χ4v) is 1.09. The lowest BCUT2D eigenvalue weighted by Crippen LogP contribution is -2.28. The Morgan fingerprint density at radius 1 is 0.917 bits per heavy atom. The van der Waals surface area contributed by atoms with Gasteiger partial charge in [-0.3, -0.25) is 9.59 Å². The molecule has 1 unspecified atom stereocenters. The Kier molecular flexibility index (Phi) is 12.8. The Balaban J connectivity index is 0. The van der Waals surface area contributed by atoms with Crippen LogP contribution in [0.25, 0.3) is 0 Å². The second-order valence-corrected chi connectivity index (χ2v) is 7.05. The molecule has 0 aliphatic heterocycles. The van der Waals surface area contributed by atoms with Crippen LogP contribution >= 0.6 is 0 Å². The van der Waals surface area contributed by atoms with E-state index in [9.17, 15) is 9.59 Å². The molecular weight excluding hydrogens is 312 g/mol. The SMILES string of the molecule is CCC(C)(C)C(=O)OCC(C)O.CCC(C)(C)C(=O)OCCOC. The first-order valence-electron chi connectivity index (χ1n) is 8.46. The predicted molar refractivity (Wildman–Crippen MR) is 93.6 cm³/mol. The zero-order valence-electron chi connectivity index (χ0n) is 16.6. The van der Waals surface area contributed by atoms with Crippen LogP contribution in [0.4, 0.5) is 0 Å². The quantitative estimate of drug-likeness (QED) is 0.509. The van der Waals surface area contributed by atoms with Gasteiger partial charge in [-0.25, -0.2) is 0 Å². The van der Waals surface area contributed by atoms with E-state index in [1.807, 2.05) is 41.5 Å². The van der Waals surface area contributed by atoms with Crippen molar-refractivity contribution in [3.05, 3.63) is 0 Å². The number of esters is 2. The van der Waals surface area contributed by atoms with Crippen LogP contribution in [0.15, 0.2) is 0 Å². The molecule has 1 atom stereocenters. The van der Waals surface area contributed by atoms with E-state index in [0.717, 1.165) is 12.8 Å². The summed E-state index contributed by atoms with van der Waals surface area (Å²) in [5, 5.41) is 8.86. The molecule has 0 heterocycles. The molecule has 0 aliphatic carbocycles. The van der Waals surface area contributed by atoms with Gasteiger partial charge in [0, 0.05) is 7.11 Å². The summed E-state index contributed by atoms with van der Waals surface area (Å²) in [5.74, 6) is -0.395. The highest BCUT2D eigenvalue weighted by atomic mass is 16.6. The molecule has 1 N–H and O–H groups in total. The molecule has 0 rings (SSSR count). The third-order valence-corrected chi connectivity index (χ3v) is 3.85. The fourth-order valence-electron chi connectivity index (χ4n) is 1.09. The molecule has 6 heteroatoms. The number of aliphatic hydroxyl groups excluding tert-OH is 1. The zero-order chi connectivity index (χ0) is 19.4. The Labute approximate surface area is 146 Å². The van der Waals surface area contributed by atoms with Crippen molar-refractivity contribution in [2.45, 2.75) is 67.4 Å². The van der Waals surface area contributed by atoms with Crippen LogP contribution in [0.3, 0.4) is 0 Å². The Morgan fingerprint density at radius 3 is 1.67 bits per heavy atom. The van der Waals surface area contributed by atoms with Crippen LogP contribution in [-0.2, 0) is 23.8 Å². The third kappa shape index (κ3) is 11.4. The van der Waals surface area contributed by atoms with Crippen LogP contribution in [0.5, 0.6) is 0 Å². The van der Waals surface area contributed by atoms with Crippen molar-refractivity contribution < 1.29 is 28.9 Å². The monoisotopic (exact) mass is 348 g/mol. The van der Waals surface area contributed by atoms with Gasteiger partial charge in [0.25, 0.3) is 0 Å². The summed E-state index contributed by atoms with van der Waals surface area (Å²) in [4.78, 5) is 22.6. The van der Waals surface area contributed by atoms with Gasteiger partial charge in [-0.2, -0.15) is 0 Å². The largest absolute Gasteiger partial charge is 0.463 e. The minimum absolute atomic E-state index is 0.0856. The molecular formula is C18H36O6. The molecule has 6 nitrogen and oxygen atoms in total. The predicted octanol–water partition coefficient (Wildman–Crippen LogP) is 2.96. The summed E-state index contributed by atoms with van der Waals surface area (Å²) in [6, 6.07) is 0. The molecule has 0 spiro atoms. The number of carbonyl (C=O) groups excluding carboxylic acids is 2. The summed E-state index contributed by atoms with van der Waals surface area (Å²) in [6.45, 7) is 13.8. The summed E-state index contributed by atoms with van der Waals surface area (Å²) in [7, 11) is 1.58. The van der Waals surface area contributed by atoms with Gasteiger partial charge >= 0.3 is 11.9 Å². The number of hydrogen-bond donors (Lipinski definition) is 1. The lowest BCUT2D eigenvalue weighted by molar-refractivity contribution is -0.157. The molecule has 0 aromatic heterocycles. The van der Waals surface area contributed by atoms with Gasteiger partial charge in [-0.1, -0.05) is 13.8 Å². The first-order chi connectivity index (χ1) is 10.9. The van der Waals surface area contributed by atoms with Gasteiger partial charge < -0.3 is 19.3 Å². The maximum Gasteiger partial charge on any atom is 0.311 e. The maximum absolute atomic E-state index is 11.3. The molecule has 144 valence electrons. The zero-order valence-corrected chi connectivity index (χ0v) is 16.6. The van der Waals surface area contributed by atoms with E-state index in [2.05, 4.69) is 0 Å². The molecule has 0 aromatic carbocycles. The second-order valence-electron chi connectivity index (χ2n) is 7.05. The van der Waals surface area contributed by atoms with E-state index in [0.29, 0.717) is 13.2 Å². The summed E-state index contributed by atoms with van der Waals surface area (Å²) in [6.07, 6.45) is 0.950. The molecule has 0 saturated carbocycles. The standard InChI is InChI=1S/2C9H18O3/c1-5-9(2,3)8(10)12-7-6-11-4;1-5-9(3,4)8(11)12-6-7(2)10/h5-7H2,1-4H3;7,10H,5-6H2,1-4H3. The lowest BCUT2D eigenvalue weighted by atomic mass is 9.91. The van der Waals surface area contributed by atoms with Gasteiger partial charge in [0.1, 0.15) is 13.2 Å². The van der Waals surface area contributed by atoms with Crippen LogP contribution in [0.1, 0.15) is 61.3 Å². The van der Waals surface area contributed by atoms with Crippen molar-refractivity contribution in [1.82, 2.24) is 0 Å². The van der Waals surface area contributed by atoms with E-state index >= 15 is 0 Å². The number of ether oxygens (including phenoxy) is 3. The van der Waals surface area contributed by atoms with E-state index in [1.54, 1.807) is 14.0 Å². The van der Waals surface area contributed by atoms with Crippen molar-refractivity contribution in [2.24, 2.45) is 10.8 Å². The molecule has 0 aromatic rings. The summed E-state index contributed by atoms with van der Waals surface area (Å²) < 4.78 is 14.6. The van der Waals surface area contributed by atoms with Crippen LogP contribution < -0.4 is 0 Å². The number of hydrogen-bond acceptors (Lipinski definition) is 6. The average molecular weight is 348 g/mol. The normalized spacial score (nSPS) is 12.7. The summed E-state index contributed by atoms with van der Waals surface area (Å²) in [5.41, 5.74) is -0.803. The molecule has 0 bridgehead atoms.